The summed E-state index contributed by atoms with van der Waals surface area (Å²) in [6.07, 6.45) is 5.43. The minimum absolute atomic E-state index is 0.219. The van der Waals surface area contributed by atoms with E-state index in [1.807, 2.05) is 6.92 Å². The van der Waals surface area contributed by atoms with Gasteiger partial charge >= 0.3 is 0 Å². The molecule has 88 valence electrons. The highest BCUT2D eigenvalue weighted by Crippen LogP contribution is 2.57. The fourth-order valence-corrected chi connectivity index (χ4v) is 3.86. The first-order valence-corrected chi connectivity index (χ1v) is 6.45. The molecule has 0 aromatic carbocycles. The summed E-state index contributed by atoms with van der Waals surface area (Å²) in [6, 6.07) is 0.636. The Kier molecular flexibility index (Phi) is 3.09. The lowest BCUT2D eigenvalue weighted by Crippen LogP contribution is -2.65. The molecule has 0 amide bonds. The van der Waals surface area contributed by atoms with Crippen LogP contribution in [0.25, 0.3) is 0 Å². The molecule has 2 saturated carbocycles. The molecule has 15 heavy (non-hydrogen) atoms. The molecule has 0 aromatic heterocycles. The minimum atomic E-state index is -0.219. The number of aliphatic hydroxyl groups is 1. The van der Waals surface area contributed by atoms with Crippen molar-refractivity contribution in [1.82, 2.24) is 5.32 Å². The molecule has 2 aliphatic rings. The van der Waals surface area contributed by atoms with Crippen LogP contribution in [-0.2, 0) is 0 Å². The van der Waals surface area contributed by atoms with Crippen LogP contribution >= 0.6 is 0 Å². The Hall–Kier alpha value is -0.0800. The largest absolute Gasteiger partial charge is 0.392 e. The van der Waals surface area contributed by atoms with Gasteiger partial charge in [0, 0.05) is 12.6 Å². The summed E-state index contributed by atoms with van der Waals surface area (Å²) in [7, 11) is 0. The van der Waals surface area contributed by atoms with Crippen LogP contribution < -0.4 is 5.32 Å². The molecule has 2 aliphatic carbocycles. The van der Waals surface area contributed by atoms with Crippen LogP contribution in [0.4, 0.5) is 0 Å². The Labute approximate surface area is 93.5 Å². The molecule has 2 N–H and O–H groups in total. The second-order valence-electron chi connectivity index (χ2n) is 6.11. The monoisotopic (exact) mass is 211 g/mol. The predicted molar refractivity (Wildman–Crippen MR) is 62.7 cm³/mol. The Balaban J connectivity index is 1.93. The van der Waals surface area contributed by atoms with Crippen LogP contribution in [0.3, 0.4) is 0 Å². The Morgan fingerprint density at radius 1 is 1.33 bits per heavy atom. The van der Waals surface area contributed by atoms with Gasteiger partial charge in [0.05, 0.1) is 6.10 Å². The van der Waals surface area contributed by atoms with E-state index in [0.29, 0.717) is 11.5 Å². The number of hydrogen-bond acceptors (Lipinski definition) is 2. The van der Waals surface area contributed by atoms with E-state index in [1.165, 1.54) is 25.7 Å². The predicted octanol–water partition coefficient (Wildman–Crippen LogP) is 2.17. The van der Waals surface area contributed by atoms with Crippen molar-refractivity contribution in [2.75, 3.05) is 6.54 Å². The first-order valence-electron chi connectivity index (χ1n) is 6.45. The van der Waals surface area contributed by atoms with Gasteiger partial charge in [-0.2, -0.15) is 0 Å². The summed E-state index contributed by atoms with van der Waals surface area (Å²) in [6.45, 7) is 7.38. The zero-order valence-corrected chi connectivity index (χ0v) is 10.3. The van der Waals surface area contributed by atoms with Gasteiger partial charge < -0.3 is 10.4 Å². The second kappa shape index (κ2) is 4.06. The van der Waals surface area contributed by atoms with Crippen molar-refractivity contribution in [3.05, 3.63) is 0 Å². The zero-order valence-electron chi connectivity index (χ0n) is 10.3. The summed E-state index contributed by atoms with van der Waals surface area (Å²) in [5.41, 5.74) is 0.444. The van der Waals surface area contributed by atoms with Crippen LogP contribution in [0.5, 0.6) is 0 Å². The van der Waals surface area contributed by atoms with Crippen molar-refractivity contribution in [1.29, 1.82) is 0 Å². The topological polar surface area (TPSA) is 32.3 Å². The second-order valence-corrected chi connectivity index (χ2v) is 6.11. The number of aliphatic hydroxyl groups excluding tert-OH is 1. The van der Waals surface area contributed by atoms with Gasteiger partial charge in [-0.05, 0) is 37.0 Å². The van der Waals surface area contributed by atoms with Crippen LogP contribution in [0, 0.1) is 17.3 Å². The molecular weight excluding hydrogens is 186 g/mol. The normalized spacial score (nSPS) is 40.4. The van der Waals surface area contributed by atoms with Gasteiger partial charge in [0.15, 0.2) is 0 Å². The van der Waals surface area contributed by atoms with Crippen molar-refractivity contribution in [3.8, 4) is 0 Å². The van der Waals surface area contributed by atoms with E-state index >= 15 is 0 Å². The SMILES string of the molecule is C[C@H](O)CNC1[C@@H]2CCCC[C@@H]2C1(C)C. The van der Waals surface area contributed by atoms with E-state index in [1.54, 1.807) is 0 Å². The molecule has 0 spiro atoms. The molecule has 0 aliphatic heterocycles. The van der Waals surface area contributed by atoms with E-state index in [4.69, 9.17) is 0 Å². The maximum atomic E-state index is 9.32. The number of rotatable bonds is 3. The standard InChI is InChI=1S/C13H25NO/c1-9(15)8-14-12-10-6-4-5-7-11(10)13(12,2)3/h9-12,14-15H,4-8H2,1-3H3/t9-,10+,11-,12?/m0/s1. The molecule has 0 bridgehead atoms. The molecule has 2 nitrogen and oxygen atoms in total. The van der Waals surface area contributed by atoms with Gasteiger partial charge in [-0.3, -0.25) is 0 Å². The van der Waals surface area contributed by atoms with Crippen molar-refractivity contribution in [3.63, 3.8) is 0 Å². The highest BCUT2D eigenvalue weighted by molar-refractivity contribution is 5.08. The lowest BCUT2D eigenvalue weighted by atomic mass is 9.48. The molecule has 0 heterocycles. The smallest absolute Gasteiger partial charge is 0.0636 e. The summed E-state index contributed by atoms with van der Waals surface area (Å²) in [4.78, 5) is 0. The molecule has 2 heteroatoms. The summed E-state index contributed by atoms with van der Waals surface area (Å²) >= 11 is 0. The summed E-state index contributed by atoms with van der Waals surface area (Å²) < 4.78 is 0. The van der Waals surface area contributed by atoms with E-state index in [2.05, 4.69) is 19.2 Å². The number of fused-ring (bicyclic) bond motifs is 1. The average molecular weight is 211 g/mol. The number of hydrogen-bond donors (Lipinski definition) is 2. The Morgan fingerprint density at radius 3 is 2.67 bits per heavy atom. The summed E-state index contributed by atoms with van der Waals surface area (Å²) in [5, 5.41) is 12.9. The van der Waals surface area contributed by atoms with Crippen LogP contribution in [-0.4, -0.2) is 23.8 Å². The fourth-order valence-electron chi connectivity index (χ4n) is 3.86. The van der Waals surface area contributed by atoms with Gasteiger partial charge in [0.2, 0.25) is 0 Å². The van der Waals surface area contributed by atoms with E-state index in [0.717, 1.165) is 18.4 Å². The quantitative estimate of drug-likeness (QED) is 0.750. The highest BCUT2D eigenvalue weighted by atomic mass is 16.3. The van der Waals surface area contributed by atoms with Crippen molar-refractivity contribution >= 4 is 0 Å². The molecule has 2 rings (SSSR count). The van der Waals surface area contributed by atoms with Crippen LogP contribution in [0.1, 0.15) is 46.5 Å². The maximum Gasteiger partial charge on any atom is 0.0636 e. The third-order valence-corrected chi connectivity index (χ3v) is 4.64. The van der Waals surface area contributed by atoms with Crippen LogP contribution in [0.2, 0.25) is 0 Å². The van der Waals surface area contributed by atoms with Gasteiger partial charge in [-0.1, -0.05) is 26.7 Å². The first-order chi connectivity index (χ1) is 7.03. The summed E-state index contributed by atoms with van der Waals surface area (Å²) in [5.74, 6) is 1.81. The molecular formula is C13H25NO. The van der Waals surface area contributed by atoms with Crippen molar-refractivity contribution < 1.29 is 5.11 Å². The van der Waals surface area contributed by atoms with E-state index in [-0.39, 0.29) is 6.10 Å². The van der Waals surface area contributed by atoms with Gasteiger partial charge in [0.25, 0.3) is 0 Å². The van der Waals surface area contributed by atoms with E-state index < -0.39 is 0 Å². The van der Waals surface area contributed by atoms with Crippen LogP contribution in [0.15, 0.2) is 0 Å². The zero-order chi connectivity index (χ0) is 11.1. The molecule has 0 saturated heterocycles. The van der Waals surface area contributed by atoms with Gasteiger partial charge in [-0.15, -0.1) is 0 Å². The molecule has 2 fully saturated rings. The maximum absolute atomic E-state index is 9.32. The molecule has 1 unspecified atom stereocenters. The van der Waals surface area contributed by atoms with Gasteiger partial charge in [-0.25, -0.2) is 0 Å². The molecule has 4 atom stereocenters. The third kappa shape index (κ3) is 1.94. The minimum Gasteiger partial charge on any atom is -0.392 e. The van der Waals surface area contributed by atoms with Crippen molar-refractivity contribution in [2.24, 2.45) is 17.3 Å². The first kappa shape index (κ1) is 11.4. The molecule has 0 aromatic rings. The Bertz CT molecular complexity index is 225. The average Bonchev–Trinajstić information content (AvgIpc) is 2.17. The number of nitrogens with one attached hydrogen (secondary N) is 1. The Morgan fingerprint density at radius 2 is 2.00 bits per heavy atom. The fraction of sp³-hybridized carbons (Fsp3) is 1.00. The van der Waals surface area contributed by atoms with Gasteiger partial charge in [0.1, 0.15) is 0 Å². The lowest BCUT2D eigenvalue weighted by Gasteiger charge is -2.61. The van der Waals surface area contributed by atoms with Crippen molar-refractivity contribution in [2.45, 2.75) is 58.6 Å². The lowest BCUT2D eigenvalue weighted by molar-refractivity contribution is -0.0898. The van der Waals surface area contributed by atoms with E-state index in [9.17, 15) is 5.11 Å². The third-order valence-electron chi connectivity index (χ3n) is 4.64. The highest BCUT2D eigenvalue weighted by Gasteiger charge is 2.55. The molecule has 0 radical (unpaired) electrons.